The lowest BCUT2D eigenvalue weighted by Crippen LogP contribution is -2.01. The molecule has 0 atom stereocenters. The molecule has 0 saturated carbocycles. The number of rotatable bonds is 4. The molecule has 0 aliphatic carbocycles. The molecule has 0 amide bonds. The molecule has 5 aromatic rings. The van der Waals surface area contributed by atoms with Gasteiger partial charge in [0.05, 0.1) is 32.9 Å². The van der Waals surface area contributed by atoms with E-state index in [4.69, 9.17) is 10.1 Å². The molecule has 0 radical (unpaired) electrons. The van der Waals surface area contributed by atoms with Crippen molar-refractivity contribution < 1.29 is 10.0 Å². The van der Waals surface area contributed by atoms with Crippen LogP contribution in [0.2, 0.25) is 0 Å². The van der Waals surface area contributed by atoms with Gasteiger partial charge in [0.15, 0.2) is 5.65 Å². The summed E-state index contributed by atoms with van der Waals surface area (Å²) in [7, 11) is 0. The highest BCUT2D eigenvalue weighted by molar-refractivity contribution is 6.02. The number of aromatic nitrogens is 3. The predicted octanol–water partition coefficient (Wildman–Crippen LogP) is 5.55. The molecule has 0 bridgehead atoms. The Hall–Kier alpha value is -5.03. The fraction of sp³-hybridized carbons (Fsp3) is 0.0385. The van der Waals surface area contributed by atoms with Gasteiger partial charge >= 0.3 is 0 Å². The zero-order chi connectivity index (χ0) is 23.8. The van der Waals surface area contributed by atoms with E-state index in [1.165, 1.54) is 12.1 Å². The van der Waals surface area contributed by atoms with E-state index in [1.807, 2.05) is 37.3 Å². The zero-order valence-electron chi connectivity index (χ0n) is 18.0. The molecular formula is C26H17N5O3. The molecule has 0 aliphatic rings. The average Bonchev–Trinajstić information content (AvgIpc) is 3.20. The largest absolute Gasteiger partial charge is 0.507 e. The van der Waals surface area contributed by atoms with E-state index in [0.29, 0.717) is 39.1 Å². The molecule has 164 valence electrons. The smallest absolute Gasteiger partial charge is 0.269 e. The van der Waals surface area contributed by atoms with Crippen LogP contribution in [-0.2, 0) is 0 Å². The van der Waals surface area contributed by atoms with Crippen LogP contribution < -0.4 is 0 Å². The van der Waals surface area contributed by atoms with Crippen molar-refractivity contribution in [1.29, 1.82) is 5.26 Å². The van der Waals surface area contributed by atoms with Gasteiger partial charge in [0.2, 0.25) is 0 Å². The number of phenolic OH excluding ortho intramolecular Hbond substituents is 1. The summed E-state index contributed by atoms with van der Waals surface area (Å²) >= 11 is 0. The van der Waals surface area contributed by atoms with Crippen molar-refractivity contribution in [3.63, 3.8) is 0 Å². The van der Waals surface area contributed by atoms with Gasteiger partial charge in [-0.25, -0.2) is 9.67 Å². The van der Waals surface area contributed by atoms with Crippen LogP contribution in [0.3, 0.4) is 0 Å². The molecule has 0 fully saturated rings. The third kappa shape index (κ3) is 3.32. The Morgan fingerprint density at radius 1 is 1.00 bits per heavy atom. The molecule has 1 N–H and O–H groups in total. The van der Waals surface area contributed by atoms with E-state index in [0.717, 1.165) is 5.69 Å². The number of nitro benzene ring substituents is 1. The SMILES string of the molecule is Cc1nn(-c2ccccc2)c2nc(-c3ccc([N+](=O)[O-])cc3)c(C#N)c(-c3ccccc3O)c12. The lowest BCUT2D eigenvalue weighted by Gasteiger charge is -2.13. The van der Waals surface area contributed by atoms with Gasteiger partial charge in [0, 0.05) is 28.8 Å². The van der Waals surface area contributed by atoms with Gasteiger partial charge in [-0.3, -0.25) is 10.1 Å². The minimum absolute atomic E-state index is 0.0213. The lowest BCUT2D eigenvalue weighted by atomic mass is 9.92. The Bertz CT molecular complexity index is 1600. The van der Waals surface area contributed by atoms with Crippen LogP contribution in [0.4, 0.5) is 5.69 Å². The minimum Gasteiger partial charge on any atom is -0.507 e. The summed E-state index contributed by atoms with van der Waals surface area (Å²) in [6.07, 6.45) is 0. The van der Waals surface area contributed by atoms with Crippen molar-refractivity contribution in [2.45, 2.75) is 6.92 Å². The second-order valence-electron chi connectivity index (χ2n) is 7.67. The van der Waals surface area contributed by atoms with Crippen LogP contribution in [-0.4, -0.2) is 24.8 Å². The molecule has 8 heteroatoms. The molecule has 34 heavy (non-hydrogen) atoms. The quantitative estimate of drug-likeness (QED) is 0.285. The topological polar surface area (TPSA) is 118 Å². The van der Waals surface area contributed by atoms with Crippen molar-refractivity contribution >= 4 is 16.7 Å². The van der Waals surface area contributed by atoms with Gasteiger partial charge in [-0.1, -0.05) is 36.4 Å². The second kappa shape index (κ2) is 8.15. The number of phenols is 1. The highest BCUT2D eigenvalue weighted by Crippen LogP contribution is 2.41. The first-order valence-corrected chi connectivity index (χ1v) is 10.4. The number of hydrogen-bond acceptors (Lipinski definition) is 6. The van der Waals surface area contributed by atoms with E-state index in [1.54, 1.807) is 41.1 Å². The molecule has 5 rings (SSSR count). The maximum absolute atomic E-state index is 11.1. The van der Waals surface area contributed by atoms with Crippen molar-refractivity contribution in [2.75, 3.05) is 0 Å². The minimum atomic E-state index is -0.479. The number of aryl methyl sites for hydroxylation is 1. The van der Waals surface area contributed by atoms with Gasteiger partial charge in [0.25, 0.3) is 5.69 Å². The number of nitriles is 1. The van der Waals surface area contributed by atoms with E-state index in [-0.39, 0.29) is 17.0 Å². The second-order valence-corrected chi connectivity index (χ2v) is 7.67. The van der Waals surface area contributed by atoms with E-state index in [9.17, 15) is 20.5 Å². The van der Waals surface area contributed by atoms with Crippen molar-refractivity contribution in [2.24, 2.45) is 0 Å². The number of para-hydroxylation sites is 2. The normalized spacial score (nSPS) is 10.8. The van der Waals surface area contributed by atoms with Gasteiger partial charge in [-0.15, -0.1) is 0 Å². The number of non-ortho nitro benzene ring substituents is 1. The summed E-state index contributed by atoms with van der Waals surface area (Å²) in [5.74, 6) is 0.0213. The Kier molecular flexibility index (Phi) is 5.00. The Morgan fingerprint density at radius 2 is 1.68 bits per heavy atom. The number of nitro groups is 1. The number of fused-ring (bicyclic) bond motifs is 1. The number of benzene rings is 3. The monoisotopic (exact) mass is 447 g/mol. The van der Waals surface area contributed by atoms with Crippen LogP contribution in [0.25, 0.3) is 39.1 Å². The van der Waals surface area contributed by atoms with Crippen molar-refractivity contribution in [1.82, 2.24) is 14.8 Å². The fourth-order valence-corrected chi connectivity index (χ4v) is 4.08. The predicted molar refractivity (Wildman–Crippen MR) is 128 cm³/mol. The fourth-order valence-electron chi connectivity index (χ4n) is 4.08. The van der Waals surface area contributed by atoms with Gasteiger partial charge in [0.1, 0.15) is 11.8 Å². The number of pyridine rings is 1. The van der Waals surface area contributed by atoms with Gasteiger partial charge in [-0.05, 0) is 37.3 Å². The average molecular weight is 447 g/mol. The summed E-state index contributed by atoms with van der Waals surface area (Å²) < 4.78 is 1.70. The first-order valence-electron chi connectivity index (χ1n) is 10.4. The molecule has 3 aromatic carbocycles. The highest BCUT2D eigenvalue weighted by Gasteiger charge is 2.25. The van der Waals surface area contributed by atoms with Crippen LogP contribution in [0, 0.1) is 28.4 Å². The van der Waals surface area contributed by atoms with Crippen LogP contribution in [0.15, 0.2) is 78.9 Å². The zero-order valence-corrected chi connectivity index (χ0v) is 18.0. The Labute approximate surface area is 194 Å². The molecule has 0 saturated heterocycles. The van der Waals surface area contributed by atoms with Crippen LogP contribution in [0.5, 0.6) is 5.75 Å². The summed E-state index contributed by atoms with van der Waals surface area (Å²) in [6.45, 7) is 1.83. The molecule has 0 aliphatic heterocycles. The van der Waals surface area contributed by atoms with Gasteiger partial charge in [-0.2, -0.15) is 10.4 Å². The molecule has 0 unspecified atom stereocenters. The first kappa shape index (κ1) is 20.8. The standard InChI is InChI=1S/C26H17N5O3/c1-16-23-24(20-9-5-6-10-22(20)32)21(15-27)25(17-11-13-19(14-12-17)31(33)34)28-26(23)30(29-16)18-7-3-2-4-8-18/h2-14,32H,1H3. The molecular weight excluding hydrogens is 430 g/mol. The van der Waals surface area contributed by atoms with Crippen molar-refractivity contribution in [3.05, 3.63) is 100 Å². The van der Waals surface area contributed by atoms with Crippen LogP contribution >= 0.6 is 0 Å². The number of aromatic hydroxyl groups is 1. The maximum atomic E-state index is 11.1. The third-order valence-corrected chi connectivity index (χ3v) is 5.63. The Balaban J connectivity index is 1.92. The number of hydrogen-bond donors (Lipinski definition) is 1. The summed E-state index contributed by atoms with van der Waals surface area (Å²) in [4.78, 5) is 15.5. The Morgan fingerprint density at radius 3 is 2.32 bits per heavy atom. The molecule has 8 nitrogen and oxygen atoms in total. The van der Waals surface area contributed by atoms with E-state index in [2.05, 4.69) is 6.07 Å². The summed E-state index contributed by atoms with van der Waals surface area (Å²) in [5.41, 5.74) is 4.01. The first-order chi connectivity index (χ1) is 16.5. The molecule has 2 aromatic heterocycles. The van der Waals surface area contributed by atoms with Crippen molar-refractivity contribution in [3.8, 4) is 39.9 Å². The number of nitrogens with zero attached hydrogens (tertiary/aromatic N) is 5. The maximum Gasteiger partial charge on any atom is 0.269 e. The summed E-state index contributed by atoms with van der Waals surface area (Å²) in [5, 5.41) is 37.4. The van der Waals surface area contributed by atoms with Gasteiger partial charge < -0.3 is 5.11 Å². The lowest BCUT2D eigenvalue weighted by molar-refractivity contribution is -0.384. The molecule has 2 heterocycles. The van der Waals surface area contributed by atoms with Crippen LogP contribution in [0.1, 0.15) is 11.3 Å². The van der Waals surface area contributed by atoms with E-state index >= 15 is 0 Å². The summed E-state index contributed by atoms with van der Waals surface area (Å²) in [6, 6.07) is 24.4. The molecule has 0 spiro atoms. The van der Waals surface area contributed by atoms with E-state index < -0.39 is 4.92 Å². The third-order valence-electron chi connectivity index (χ3n) is 5.63. The highest BCUT2D eigenvalue weighted by atomic mass is 16.6.